The van der Waals surface area contributed by atoms with Crippen molar-refractivity contribution in [2.45, 2.75) is 5.03 Å². The van der Waals surface area contributed by atoms with E-state index in [1.54, 1.807) is 11.3 Å². The Bertz CT molecular complexity index is 1210. The van der Waals surface area contributed by atoms with Gasteiger partial charge in [-0.05, 0) is 34.4 Å². The quantitative estimate of drug-likeness (QED) is 0.473. The zero-order valence-electron chi connectivity index (χ0n) is 14.8. The third kappa shape index (κ3) is 3.63. The number of carbonyl (C=O) groups is 1. The van der Waals surface area contributed by atoms with Gasteiger partial charge in [-0.15, -0.1) is 11.3 Å². The number of nitriles is 1. The first-order valence-electron chi connectivity index (χ1n) is 8.55. The van der Waals surface area contributed by atoms with Crippen LogP contribution in [0.25, 0.3) is 32.5 Å². The number of rotatable bonds is 5. The molecule has 4 nitrogen and oxygen atoms in total. The molecule has 136 valence electrons. The van der Waals surface area contributed by atoms with Gasteiger partial charge in [0.25, 0.3) is 0 Å². The molecule has 4 rings (SSSR count). The number of hydrogen-bond donors (Lipinski definition) is 1. The molecular formula is C22H15N3OS2. The molecule has 0 radical (unpaired) electrons. The van der Waals surface area contributed by atoms with Gasteiger partial charge in [0.15, 0.2) is 0 Å². The van der Waals surface area contributed by atoms with Gasteiger partial charge in [-0.25, -0.2) is 4.98 Å². The summed E-state index contributed by atoms with van der Waals surface area (Å²) < 4.78 is 0. The van der Waals surface area contributed by atoms with Crippen LogP contribution >= 0.6 is 23.1 Å². The lowest BCUT2D eigenvalue weighted by Crippen LogP contribution is -2.13. The number of nitrogens with two attached hydrogens (primary N) is 1. The summed E-state index contributed by atoms with van der Waals surface area (Å²) in [5, 5.41) is 14.5. The zero-order chi connectivity index (χ0) is 19.5. The molecule has 0 bridgehead atoms. The van der Waals surface area contributed by atoms with Gasteiger partial charge in [0, 0.05) is 16.0 Å². The van der Waals surface area contributed by atoms with Gasteiger partial charge in [-0.3, -0.25) is 4.79 Å². The minimum atomic E-state index is -0.440. The van der Waals surface area contributed by atoms with Crippen LogP contribution in [0.2, 0.25) is 0 Å². The molecule has 1 amide bonds. The summed E-state index contributed by atoms with van der Waals surface area (Å²) in [4.78, 5) is 17.0. The van der Waals surface area contributed by atoms with E-state index in [0.717, 1.165) is 32.5 Å². The molecule has 2 heterocycles. The molecule has 2 aromatic carbocycles. The molecule has 28 heavy (non-hydrogen) atoms. The molecule has 0 aliphatic rings. The average molecular weight is 402 g/mol. The molecule has 4 aromatic rings. The van der Waals surface area contributed by atoms with E-state index in [9.17, 15) is 10.1 Å². The highest BCUT2D eigenvalue weighted by atomic mass is 32.2. The van der Waals surface area contributed by atoms with Crippen molar-refractivity contribution in [3.63, 3.8) is 0 Å². The number of carbonyl (C=O) groups excluding carboxylic acids is 1. The topological polar surface area (TPSA) is 79.8 Å². The van der Waals surface area contributed by atoms with Crippen molar-refractivity contribution in [3.8, 4) is 27.8 Å². The summed E-state index contributed by atoms with van der Waals surface area (Å²) in [6.07, 6.45) is 0. The predicted molar refractivity (Wildman–Crippen MR) is 115 cm³/mol. The Labute approximate surface area is 170 Å². The standard InChI is InChI=1S/C22H15N3OS2/c23-12-18-17(20-6-3-9-27-20)11-19(25-22(18)28-13-21(24)26)16-8-7-14-4-1-2-5-15(14)10-16/h1-11H,13H2,(H2,24,26). The lowest BCUT2D eigenvalue weighted by atomic mass is 10.0. The SMILES string of the molecule is N#Cc1c(-c2cccs2)cc(-c2ccc3ccccc3c2)nc1SCC(N)=O. The maximum atomic E-state index is 11.3. The molecule has 0 atom stereocenters. The van der Waals surface area contributed by atoms with E-state index in [0.29, 0.717) is 10.6 Å². The maximum absolute atomic E-state index is 11.3. The van der Waals surface area contributed by atoms with Gasteiger partial charge < -0.3 is 5.73 Å². The Morgan fingerprint density at radius 2 is 1.93 bits per heavy atom. The van der Waals surface area contributed by atoms with E-state index in [2.05, 4.69) is 30.3 Å². The van der Waals surface area contributed by atoms with Crippen LogP contribution in [0.1, 0.15) is 5.56 Å². The fourth-order valence-electron chi connectivity index (χ4n) is 3.00. The van der Waals surface area contributed by atoms with Crippen LogP contribution in [0.3, 0.4) is 0 Å². The maximum Gasteiger partial charge on any atom is 0.227 e. The molecule has 0 saturated carbocycles. The number of nitrogens with zero attached hydrogens (tertiary/aromatic N) is 2. The largest absolute Gasteiger partial charge is 0.369 e. The summed E-state index contributed by atoms with van der Waals surface area (Å²) in [6.45, 7) is 0. The van der Waals surface area contributed by atoms with Crippen LogP contribution in [0, 0.1) is 11.3 Å². The van der Waals surface area contributed by atoms with Crippen LogP contribution < -0.4 is 5.73 Å². The van der Waals surface area contributed by atoms with Crippen molar-refractivity contribution in [3.05, 3.63) is 71.6 Å². The fourth-order valence-corrected chi connectivity index (χ4v) is 4.49. The number of thiophene rings is 1. The smallest absolute Gasteiger partial charge is 0.227 e. The van der Waals surface area contributed by atoms with Crippen molar-refractivity contribution in [2.24, 2.45) is 5.73 Å². The summed E-state index contributed by atoms with van der Waals surface area (Å²) in [6, 6.07) is 22.4. The van der Waals surface area contributed by atoms with Crippen LogP contribution in [0.4, 0.5) is 0 Å². The molecule has 0 aliphatic carbocycles. The van der Waals surface area contributed by atoms with Crippen LogP contribution in [0.5, 0.6) is 0 Å². The van der Waals surface area contributed by atoms with Crippen molar-refractivity contribution in [1.82, 2.24) is 4.98 Å². The van der Waals surface area contributed by atoms with Crippen molar-refractivity contribution in [2.75, 3.05) is 5.75 Å². The highest BCUT2D eigenvalue weighted by Gasteiger charge is 2.17. The Morgan fingerprint density at radius 1 is 1.11 bits per heavy atom. The third-order valence-corrected chi connectivity index (χ3v) is 6.18. The van der Waals surface area contributed by atoms with E-state index in [4.69, 9.17) is 10.7 Å². The first-order chi connectivity index (χ1) is 13.7. The third-order valence-electron chi connectivity index (χ3n) is 4.28. The van der Waals surface area contributed by atoms with Crippen LogP contribution in [0.15, 0.2) is 71.1 Å². The van der Waals surface area contributed by atoms with E-state index >= 15 is 0 Å². The van der Waals surface area contributed by atoms with Gasteiger partial charge in [0.1, 0.15) is 11.1 Å². The number of thioether (sulfide) groups is 1. The number of amides is 1. The fraction of sp³-hybridized carbons (Fsp3) is 0.0455. The highest BCUT2D eigenvalue weighted by Crippen LogP contribution is 2.36. The monoisotopic (exact) mass is 401 g/mol. The molecule has 0 spiro atoms. The van der Waals surface area contributed by atoms with Gasteiger partial charge >= 0.3 is 0 Å². The number of aromatic nitrogens is 1. The minimum Gasteiger partial charge on any atom is -0.369 e. The van der Waals surface area contributed by atoms with E-state index in [-0.39, 0.29) is 5.75 Å². The van der Waals surface area contributed by atoms with Crippen molar-refractivity contribution < 1.29 is 4.79 Å². The molecular weight excluding hydrogens is 386 g/mol. The Balaban J connectivity index is 1.90. The van der Waals surface area contributed by atoms with Gasteiger partial charge in [0.05, 0.1) is 17.0 Å². The van der Waals surface area contributed by atoms with Gasteiger partial charge in [-0.1, -0.05) is 54.2 Å². The number of benzene rings is 2. The Hall–Kier alpha value is -3.14. The number of hydrogen-bond acceptors (Lipinski definition) is 5. The molecule has 6 heteroatoms. The lowest BCUT2D eigenvalue weighted by molar-refractivity contribution is -0.115. The first-order valence-corrected chi connectivity index (χ1v) is 10.4. The van der Waals surface area contributed by atoms with Crippen LogP contribution in [-0.2, 0) is 4.79 Å². The Morgan fingerprint density at radius 3 is 2.64 bits per heavy atom. The molecule has 0 fully saturated rings. The molecule has 0 unspecified atom stereocenters. The molecule has 2 N–H and O–H groups in total. The van der Waals surface area contributed by atoms with E-state index < -0.39 is 5.91 Å². The second-order valence-corrected chi connectivity index (χ2v) is 8.05. The van der Waals surface area contributed by atoms with Gasteiger partial charge in [0.2, 0.25) is 5.91 Å². The van der Waals surface area contributed by atoms with E-state index in [1.165, 1.54) is 11.8 Å². The predicted octanol–water partition coefficient (Wildman–Crippen LogP) is 5.08. The second kappa shape index (κ2) is 7.85. The highest BCUT2D eigenvalue weighted by molar-refractivity contribution is 8.00. The van der Waals surface area contributed by atoms with E-state index in [1.807, 2.05) is 41.8 Å². The normalized spacial score (nSPS) is 10.7. The average Bonchev–Trinajstić information content (AvgIpc) is 3.25. The van der Waals surface area contributed by atoms with Crippen molar-refractivity contribution >= 4 is 39.8 Å². The number of primary amides is 1. The molecule has 2 aromatic heterocycles. The lowest BCUT2D eigenvalue weighted by Gasteiger charge is -2.11. The zero-order valence-corrected chi connectivity index (χ0v) is 16.4. The van der Waals surface area contributed by atoms with Crippen molar-refractivity contribution in [1.29, 1.82) is 5.26 Å². The first kappa shape index (κ1) is 18.2. The number of fused-ring (bicyclic) bond motifs is 1. The number of pyridine rings is 1. The molecule has 0 saturated heterocycles. The minimum absolute atomic E-state index is 0.0761. The Kier molecular flexibility index (Phi) is 5.11. The summed E-state index contributed by atoms with van der Waals surface area (Å²) >= 11 is 2.77. The molecule has 0 aliphatic heterocycles. The van der Waals surface area contributed by atoms with Gasteiger partial charge in [-0.2, -0.15) is 5.26 Å². The summed E-state index contributed by atoms with van der Waals surface area (Å²) in [5.41, 5.74) is 8.32. The summed E-state index contributed by atoms with van der Waals surface area (Å²) in [7, 11) is 0. The second-order valence-electron chi connectivity index (χ2n) is 6.14. The summed E-state index contributed by atoms with van der Waals surface area (Å²) in [5.74, 6) is -0.364. The van der Waals surface area contributed by atoms with Crippen LogP contribution in [-0.4, -0.2) is 16.6 Å².